The number of hydrogen-bond donors (Lipinski definition) is 1. The molecular formula is C24H37N3O3. The second kappa shape index (κ2) is 8.96. The second-order valence-corrected chi connectivity index (χ2v) is 9.25. The molecule has 0 unspecified atom stereocenters. The molecule has 2 saturated heterocycles. The van der Waals surface area contributed by atoms with Crippen molar-refractivity contribution in [2.45, 2.75) is 57.4 Å². The Morgan fingerprint density at radius 1 is 1.17 bits per heavy atom. The highest BCUT2D eigenvalue weighted by Crippen LogP contribution is 2.50. The Kier molecular flexibility index (Phi) is 6.32. The maximum Gasteiger partial charge on any atom is 0.409 e. The fourth-order valence-corrected chi connectivity index (χ4v) is 5.78. The number of benzene rings is 1. The average molecular weight is 416 g/mol. The number of likely N-dealkylation sites (tertiary alicyclic amines) is 2. The van der Waals surface area contributed by atoms with Gasteiger partial charge in [0.25, 0.3) is 0 Å². The first-order chi connectivity index (χ1) is 14.5. The van der Waals surface area contributed by atoms with Crippen molar-refractivity contribution < 1.29 is 15.8 Å². The highest BCUT2D eigenvalue weighted by molar-refractivity contribution is 5.74. The molecule has 4 rings (SSSR count). The average Bonchev–Trinajstić information content (AvgIpc) is 3.03. The Morgan fingerprint density at radius 2 is 1.87 bits per heavy atom. The third-order valence-electron chi connectivity index (χ3n) is 7.35. The highest BCUT2D eigenvalue weighted by atomic mass is 16.6. The highest BCUT2D eigenvalue weighted by Gasteiger charge is 2.45. The summed E-state index contributed by atoms with van der Waals surface area (Å²) in [6.07, 6.45) is 5.30. The van der Waals surface area contributed by atoms with Crippen LogP contribution in [0.1, 0.15) is 64.5 Å². The van der Waals surface area contributed by atoms with Gasteiger partial charge in [0.05, 0.1) is 12.6 Å². The molecule has 6 nitrogen and oxygen atoms in total. The lowest BCUT2D eigenvalue weighted by Gasteiger charge is -2.42. The Balaban J connectivity index is 0.00000272. The number of carbonyl (C=O) groups excluding carboxylic acids is 2. The van der Waals surface area contributed by atoms with E-state index in [0.717, 1.165) is 64.8 Å². The zero-order valence-corrected chi connectivity index (χ0v) is 18.4. The van der Waals surface area contributed by atoms with Crippen LogP contribution in [0.3, 0.4) is 0 Å². The Bertz CT molecular complexity index is 771. The quantitative estimate of drug-likeness (QED) is 0.814. The molecule has 2 aliphatic heterocycles. The van der Waals surface area contributed by atoms with Gasteiger partial charge in [-0.15, -0.1) is 0 Å². The van der Waals surface area contributed by atoms with Crippen molar-refractivity contribution in [1.29, 1.82) is 0 Å². The van der Waals surface area contributed by atoms with Crippen LogP contribution in [-0.2, 0) is 14.9 Å². The first-order valence-electron chi connectivity index (χ1n) is 11.5. The molecule has 6 heteroatoms. The van der Waals surface area contributed by atoms with E-state index >= 15 is 0 Å². The predicted molar refractivity (Wildman–Crippen MR) is 118 cm³/mol. The Hall–Kier alpha value is -2.08. The van der Waals surface area contributed by atoms with Gasteiger partial charge in [0, 0.05) is 33.4 Å². The lowest BCUT2D eigenvalue weighted by atomic mass is 9.73. The SMILES string of the molecule is CCOC(=O)N1CCC(CN2CCC3(CC2)C[C@H](NC(C)=O)c2ccccc23)CC1.[HH]. The molecule has 1 aliphatic carbocycles. The van der Waals surface area contributed by atoms with E-state index in [0.29, 0.717) is 12.5 Å². The molecule has 0 aromatic heterocycles. The zero-order valence-electron chi connectivity index (χ0n) is 18.4. The molecular weight excluding hydrogens is 378 g/mol. The van der Waals surface area contributed by atoms with E-state index in [9.17, 15) is 9.59 Å². The molecule has 0 saturated carbocycles. The Labute approximate surface area is 181 Å². The van der Waals surface area contributed by atoms with Crippen LogP contribution < -0.4 is 5.32 Å². The van der Waals surface area contributed by atoms with Crippen LogP contribution in [0.4, 0.5) is 4.79 Å². The van der Waals surface area contributed by atoms with Crippen molar-refractivity contribution in [2.24, 2.45) is 5.92 Å². The smallest absolute Gasteiger partial charge is 0.409 e. The number of ether oxygens (including phenoxy) is 1. The normalized spacial score (nSPS) is 23.9. The fourth-order valence-electron chi connectivity index (χ4n) is 5.78. The monoisotopic (exact) mass is 415 g/mol. The number of carbonyl (C=O) groups is 2. The van der Waals surface area contributed by atoms with Gasteiger partial charge in [0.1, 0.15) is 0 Å². The van der Waals surface area contributed by atoms with E-state index in [1.807, 2.05) is 11.8 Å². The lowest BCUT2D eigenvalue weighted by Crippen LogP contribution is -2.46. The summed E-state index contributed by atoms with van der Waals surface area (Å²) in [4.78, 5) is 28.1. The minimum atomic E-state index is -0.163. The number of nitrogens with one attached hydrogen (secondary N) is 1. The van der Waals surface area contributed by atoms with Gasteiger partial charge in [-0.3, -0.25) is 4.79 Å². The number of fused-ring (bicyclic) bond motifs is 2. The fraction of sp³-hybridized carbons (Fsp3) is 0.667. The number of piperidine rings is 2. The van der Waals surface area contributed by atoms with Gasteiger partial charge in [-0.25, -0.2) is 4.79 Å². The van der Waals surface area contributed by atoms with Crippen molar-refractivity contribution >= 4 is 12.0 Å². The maximum absolute atomic E-state index is 11.9. The van der Waals surface area contributed by atoms with Gasteiger partial charge in [-0.1, -0.05) is 24.3 Å². The van der Waals surface area contributed by atoms with Crippen LogP contribution in [-0.4, -0.2) is 61.1 Å². The van der Waals surface area contributed by atoms with Crippen LogP contribution in [0.15, 0.2) is 24.3 Å². The summed E-state index contributed by atoms with van der Waals surface area (Å²) in [5, 5.41) is 3.17. The molecule has 1 aromatic carbocycles. The van der Waals surface area contributed by atoms with E-state index in [1.165, 1.54) is 11.1 Å². The molecule has 1 atom stereocenters. The first kappa shape index (κ1) is 21.2. The van der Waals surface area contributed by atoms with Crippen molar-refractivity contribution in [2.75, 3.05) is 39.3 Å². The standard InChI is InChI=1S/C24H35N3O3.H2/c1-3-30-23(29)27-12-8-19(9-13-27)17-26-14-10-24(11-15-26)16-22(25-18(2)28)20-6-4-5-7-21(20)24;/h4-7,19,22H,3,8-17H2,1-2H3,(H,25,28);1H/t22-;/m0./s1. The number of rotatable bonds is 4. The summed E-state index contributed by atoms with van der Waals surface area (Å²) < 4.78 is 5.13. The van der Waals surface area contributed by atoms with E-state index in [-0.39, 0.29) is 24.9 Å². The summed E-state index contributed by atoms with van der Waals surface area (Å²) in [7, 11) is 0. The predicted octanol–water partition coefficient (Wildman–Crippen LogP) is 3.72. The van der Waals surface area contributed by atoms with E-state index in [1.54, 1.807) is 6.92 Å². The summed E-state index contributed by atoms with van der Waals surface area (Å²) in [6, 6.07) is 8.84. The minimum Gasteiger partial charge on any atom is -0.450 e. The first-order valence-corrected chi connectivity index (χ1v) is 11.5. The van der Waals surface area contributed by atoms with Crippen molar-refractivity contribution in [3.8, 4) is 0 Å². The molecule has 2 heterocycles. The molecule has 3 aliphatic rings. The van der Waals surface area contributed by atoms with Crippen molar-refractivity contribution in [3.05, 3.63) is 35.4 Å². The largest absolute Gasteiger partial charge is 0.450 e. The van der Waals surface area contributed by atoms with Gasteiger partial charge in [0.2, 0.25) is 5.91 Å². The van der Waals surface area contributed by atoms with E-state index in [4.69, 9.17) is 4.74 Å². The van der Waals surface area contributed by atoms with Crippen LogP contribution in [0, 0.1) is 5.92 Å². The van der Waals surface area contributed by atoms with E-state index in [2.05, 4.69) is 34.5 Å². The summed E-state index contributed by atoms with van der Waals surface area (Å²) in [5.41, 5.74) is 2.96. The maximum atomic E-state index is 11.9. The van der Waals surface area contributed by atoms with Crippen LogP contribution in [0.25, 0.3) is 0 Å². The summed E-state index contributed by atoms with van der Waals surface area (Å²) in [5.74, 6) is 0.714. The molecule has 166 valence electrons. The molecule has 1 N–H and O–H groups in total. The Morgan fingerprint density at radius 3 is 2.53 bits per heavy atom. The van der Waals surface area contributed by atoms with Gasteiger partial charge in [-0.05, 0) is 69.2 Å². The molecule has 1 spiro atoms. The van der Waals surface area contributed by atoms with Gasteiger partial charge >= 0.3 is 6.09 Å². The number of nitrogens with zero attached hydrogens (tertiary/aromatic N) is 2. The summed E-state index contributed by atoms with van der Waals surface area (Å²) in [6.45, 7) is 8.89. The van der Waals surface area contributed by atoms with Crippen LogP contribution >= 0.6 is 0 Å². The van der Waals surface area contributed by atoms with Crippen molar-refractivity contribution in [3.63, 3.8) is 0 Å². The second-order valence-electron chi connectivity index (χ2n) is 9.25. The minimum absolute atomic E-state index is 0. The van der Waals surface area contributed by atoms with Gasteiger partial charge < -0.3 is 19.9 Å². The topological polar surface area (TPSA) is 61.9 Å². The third-order valence-corrected chi connectivity index (χ3v) is 7.35. The lowest BCUT2D eigenvalue weighted by molar-refractivity contribution is -0.119. The van der Waals surface area contributed by atoms with Crippen LogP contribution in [0.5, 0.6) is 0 Å². The van der Waals surface area contributed by atoms with E-state index < -0.39 is 0 Å². The van der Waals surface area contributed by atoms with Gasteiger partial charge in [0.15, 0.2) is 0 Å². The molecule has 0 radical (unpaired) electrons. The third kappa shape index (κ3) is 4.34. The molecule has 0 bridgehead atoms. The van der Waals surface area contributed by atoms with Gasteiger partial charge in [-0.2, -0.15) is 0 Å². The molecule has 2 amide bonds. The molecule has 1 aromatic rings. The number of amides is 2. The molecule has 30 heavy (non-hydrogen) atoms. The number of hydrogen-bond acceptors (Lipinski definition) is 4. The molecule has 2 fully saturated rings. The summed E-state index contributed by atoms with van der Waals surface area (Å²) >= 11 is 0. The van der Waals surface area contributed by atoms with Crippen molar-refractivity contribution in [1.82, 2.24) is 15.1 Å². The zero-order chi connectivity index (χ0) is 21.1. The van der Waals surface area contributed by atoms with Crippen LogP contribution in [0.2, 0.25) is 0 Å².